The first-order chi connectivity index (χ1) is 8.77. The number of nitrogens with two attached hydrogens (primary N) is 1. The zero-order valence-corrected chi connectivity index (χ0v) is 12.8. The van der Waals surface area contributed by atoms with Gasteiger partial charge in [-0.3, -0.25) is 0 Å². The van der Waals surface area contributed by atoms with E-state index in [1.54, 1.807) is 0 Å². The largest absolute Gasteiger partial charge is 0.381 e. The Morgan fingerprint density at radius 1 is 0.778 bits per heavy atom. The first kappa shape index (κ1) is 17.9. The average molecular weight is 257 g/mol. The zero-order valence-electron chi connectivity index (χ0n) is 12.8. The fourth-order valence-corrected chi connectivity index (χ4v) is 2.06. The Bertz CT molecular complexity index is 148. The summed E-state index contributed by atoms with van der Waals surface area (Å²) in [6.07, 6.45) is 14.8. The molecule has 2 nitrogen and oxygen atoms in total. The third-order valence-corrected chi connectivity index (χ3v) is 3.36. The van der Waals surface area contributed by atoms with Gasteiger partial charge < -0.3 is 10.5 Å². The molecular weight excluding hydrogens is 222 g/mol. The third-order valence-electron chi connectivity index (χ3n) is 3.36. The molecule has 0 heterocycles. The third kappa shape index (κ3) is 15.9. The molecule has 18 heavy (non-hydrogen) atoms. The molecule has 0 bridgehead atoms. The molecule has 0 aromatic heterocycles. The fraction of sp³-hybridized carbons (Fsp3) is 1.00. The van der Waals surface area contributed by atoms with E-state index < -0.39 is 0 Å². The molecule has 110 valence electrons. The van der Waals surface area contributed by atoms with E-state index in [0.717, 1.165) is 19.6 Å². The maximum Gasteiger partial charge on any atom is 0.0480 e. The van der Waals surface area contributed by atoms with Crippen LogP contribution in [0.2, 0.25) is 0 Å². The van der Waals surface area contributed by atoms with Crippen molar-refractivity contribution in [3.05, 3.63) is 0 Å². The Morgan fingerprint density at radius 3 is 1.78 bits per heavy atom. The first-order valence-corrected chi connectivity index (χ1v) is 8.10. The lowest BCUT2D eigenvalue weighted by Gasteiger charge is -2.06. The molecular formula is C16H35NO. The van der Waals surface area contributed by atoms with Gasteiger partial charge in [-0.25, -0.2) is 0 Å². The summed E-state index contributed by atoms with van der Waals surface area (Å²) in [6.45, 7) is 6.05. The molecule has 0 aliphatic carbocycles. The zero-order chi connectivity index (χ0) is 13.5. The van der Waals surface area contributed by atoms with Crippen LogP contribution in [0, 0.1) is 0 Å². The van der Waals surface area contributed by atoms with Crippen LogP contribution in [0.4, 0.5) is 0 Å². The van der Waals surface area contributed by atoms with Crippen LogP contribution >= 0.6 is 0 Å². The van der Waals surface area contributed by atoms with E-state index >= 15 is 0 Å². The lowest BCUT2D eigenvalue weighted by Crippen LogP contribution is -2.17. The van der Waals surface area contributed by atoms with Crippen LogP contribution in [-0.4, -0.2) is 19.3 Å². The van der Waals surface area contributed by atoms with Crippen LogP contribution in [-0.2, 0) is 4.74 Å². The summed E-state index contributed by atoms with van der Waals surface area (Å²) < 4.78 is 5.54. The number of ether oxygens (including phenoxy) is 1. The van der Waals surface area contributed by atoms with Gasteiger partial charge in [0.25, 0.3) is 0 Å². The van der Waals surface area contributed by atoms with Gasteiger partial charge in [0.1, 0.15) is 0 Å². The number of unbranched alkanes of at least 4 members (excludes halogenated alkanes) is 9. The smallest absolute Gasteiger partial charge is 0.0480 e. The van der Waals surface area contributed by atoms with Crippen molar-refractivity contribution >= 4 is 0 Å². The van der Waals surface area contributed by atoms with Gasteiger partial charge in [-0.05, 0) is 19.8 Å². The van der Waals surface area contributed by atoms with E-state index in [4.69, 9.17) is 10.5 Å². The Labute approximate surface area is 115 Å². The molecule has 0 amide bonds. The molecule has 1 unspecified atom stereocenters. The highest BCUT2D eigenvalue weighted by Gasteiger charge is 1.95. The average Bonchev–Trinajstić information content (AvgIpc) is 2.34. The van der Waals surface area contributed by atoms with Crippen molar-refractivity contribution in [1.82, 2.24) is 0 Å². The maximum atomic E-state index is 5.65. The van der Waals surface area contributed by atoms with Crippen LogP contribution in [0.5, 0.6) is 0 Å². The molecule has 0 radical (unpaired) electrons. The van der Waals surface area contributed by atoms with Crippen molar-refractivity contribution in [3.8, 4) is 0 Å². The lowest BCUT2D eigenvalue weighted by molar-refractivity contribution is 0.124. The Hall–Kier alpha value is -0.0800. The molecule has 0 saturated heterocycles. The van der Waals surface area contributed by atoms with Gasteiger partial charge in [-0.1, -0.05) is 64.7 Å². The van der Waals surface area contributed by atoms with Gasteiger partial charge in [-0.2, -0.15) is 0 Å². The highest BCUT2D eigenvalue weighted by molar-refractivity contribution is 4.51. The summed E-state index contributed by atoms with van der Waals surface area (Å²) in [4.78, 5) is 0. The predicted molar refractivity (Wildman–Crippen MR) is 80.9 cm³/mol. The van der Waals surface area contributed by atoms with E-state index in [-0.39, 0.29) is 6.04 Å². The van der Waals surface area contributed by atoms with Crippen LogP contribution in [0.3, 0.4) is 0 Å². The Kier molecular flexibility index (Phi) is 14.9. The Morgan fingerprint density at radius 2 is 1.28 bits per heavy atom. The topological polar surface area (TPSA) is 35.2 Å². The number of hydrogen-bond acceptors (Lipinski definition) is 2. The predicted octanol–water partition coefficient (Wildman–Crippen LogP) is 4.66. The van der Waals surface area contributed by atoms with Crippen LogP contribution in [0.1, 0.15) is 84.5 Å². The SMILES string of the molecule is CCCCCCCCCCCCOCCC(C)N. The van der Waals surface area contributed by atoms with Crippen molar-refractivity contribution < 1.29 is 4.74 Å². The summed E-state index contributed by atoms with van der Waals surface area (Å²) in [7, 11) is 0. The van der Waals surface area contributed by atoms with Crippen LogP contribution < -0.4 is 5.73 Å². The molecule has 0 rings (SSSR count). The van der Waals surface area contributed by atoms with Gasteiger partial charge in [0.2, 0.25) is 0 Å². The van der Waals surface area contributed by atoms with Crippen molar-refractivity contribution in [1.29, 1.82) is 0 Å². The quantitative estimate of drug-likeness (QED) is 0.459. The van der Waals surface area contributed by atoms with E-state index in [1.807, 2.05) is 6.92 Å². The second-order valence-electron chi connectivity index (χ2n) is 5.56. The molecule has 0 spiro atoms. The molecule has 0 aliphatic rings. The minimum atomic E-state index is 0.276. The molecule has 0 aliphatic heterocycles. The fourth-order valence-electron chi connectivity index (χ4n) is 2.06. The van der Waals surface area contributed by atoms with E-state index in [9.17, 15) is 0 Å². The van der Waals surface area contributed by atoms with E-state index in [2.05, 4.69) is 6.92 Å². The normalized spacial score (nSPS) is 12.8. The van der Waals surface area contributed by atoms with Gasteiger partial charge in [-0.15, -0.1) is 0 Å². The van der Waals surface area contributed by atoms with Crippen molar-refractivity contribution in [2.75, 3.05) is 13.2 Å². The minimum Gasteiger partial charge on any atom is -0.381 e. The first-order valence-electron chi connectivity index (χ1n) is 8.10. The molecule has 0 fully saturated rings. The minimum absolute atomic E-state index is 0.276. The highest BCUT2D eigenvalue weighted by Crippen LogP contribution is 2.10. The van der Waals surface area contributed by atoms with Gasteiger partial charge in [0.05, 0.1) is 0 Å². The number of hydrogen-bond donors (Lipinski definition) is 1. The summed E-state index contributed by atoms with van der Waals surface area (Å²) in [6, 6.07) is 0.276. The van der Waals surface area contributed by atoms with Crippen LogP contribution in [0.15, 0.2) is 0 Å². The molecule has 0 aromatic carbocycles. The van der Waals surface area contributed by atoms with Crippen molar-refractivity contribution in [2.24, 2.45) is 5.73 Å². The second-order valence-corrected chi connectivity index (χ2v) is 5.56. The number of rotatable bonds is 14. The summed E-state index contributed by atoms with van der Waals surface area (Å²) in [5, 5.41) is 0. The van der Waals surface area contributed by atoms with Crippen molar-refractivity contribution in [3.63, 3.8) is 0 Å². The maximum absolute atomic E-state index is 5.65. The standard InChI is InChI=1S/C16H35NO/c1-3-4-5-6-7-8-9-10-11-12-14-18-15-13-16(2)17/h16H,3-15,17H2,1-2H3. The van der Waals surface area contributed by atoms with E-state index in [0.29, 0.717) is 0 Å². The van der Waals surface area contributed by atoms with E-state index in [1.165, 1.54) is 64.2 Å². The summed E-state index contributed by atoms with van der Waals surface area (Å²) in [5.74, 6) is 0. The Balaban J connectivity index is 2.90. The molecule has 2 N–H and O–H groups in total. The van der Waals surface area contributed by atoms with Gasteiger partial charge in [0, 0.05) is 19.3 Å². The molecule has 0 saturated carbocycles. The van der Waals surface area contributed by atoms with Gasteiger partial charge >= 0.3 is 0 Å². The van der Waals surface area contributed by atoms with Crippen LogP contribution in [0.25, 0.3) is 0 Å². The van der Waals surface area contributed by atoms with Crippen molar-refractivity contribution in [2.45, 2.75) is 90.5 Å². The lowest BCUT2D eigenvalue weighted by atomic mass is 10.1. The second kappa shape index (κ2) is 15.0. The monoisotopic (exact) mass is 257 g/mol. The summed E-state index contributed by atoms with van der Waals surface area (Å²) in [5.41, 5.74) is 5.65. The molecule has 1 atom stereocenters. The summed E-state index contributed by atoms with van der Waals surface area (Å²) >= 11 is 0. The molecule has 2 heteroatoms. The van der Waals surface area contributed by atoms with Gasteiger partial charge in [0.15, 0.2) is 0 Å². The highest BCUT2D eigenvalue weighted by atomic mass is 16.5. The molecule has 0 aromatic rings.